The van der Waals surface area contributed by atoms with E-state index < -0.39 is 4.92 Å². The summed E-state index contributed by atoms with van der Waals surface area (Å²) in [6.45, 7) is 3.60. The van der Waals surface area contributed by atoms with Crippen molar-refractivity contribution in [1.82, 2.24) is 4.90 Å². The van der Waals surface area contributed by atoms with E-state index in [1.807, 2.05) is 61.5 Å². The third kappa shape index (κ3) is 6.24. The summed E-state index contributed by atoms with van der Waals surface area (Å²) < 4.78 is 16.6. The van der Waals surface area contributed by atoms with Gasteiger partial charge in [0.1, 0.15) is 18.1 Å². The number of likely N-dealkylation sites (N-methyl/N-ethyl adjacent to an activating group) is 1. The highest BCUT2D eigenvalue weighted by Crippen LogP contribution is 2.33. The van der Waals surface area contributed by atoms with Crippen molar-refractivity contribution in [1.29, 1.82) is 0 Å². The van der Waals surface area contributed by atoms with Crippen molar-refractivity contribution < 1.29 is 23.9 Å². The molecule has 35 heavy (non-hydrogen) atoms. The Labute approximate surface area is 203 Å². The summed E-state index contributed by atoms with van der Waals surface area (Å²) in [4.78, 5) is 25.4. The lowest BCUT2D eigenvalue weighted by atomic mass is 10.1. The van der Waals surface area contributed by atoms with Crippen LogP contribution >= 0.6 is 0 Å². The smallest absolute Gasteiger partial charge is 0.270 e. The van der Waals surface area contributed by atoms with Crippen molar-refractivity contribution in [3.63, 3.8) is 0 Å². The molecule has 0 saturated heterocycles. The molecule has 1 aliphatic heterocycles. The average molecular weight is 475 g/mol. The van der Waals surface area contributed by atoms with Crippen molar-refractivity contribution in [3.05, 3.63) is 105 Å². The number of carbonyl (C=O) groups is 1. The van der Waals surface area contributed by atoms with E-state index in [1.54, 1.807) is 11.0 Å². The number of carbonyl (C=O) groups excluding carboxylic acids is 1. The highest BCUT2D eigenvalue weighted by Gasteiger charge is 2.20. The van der Waals surface area contributed by atoms with Gasteiger partial charge in [0.2, 0.25) is 5.91 Å². The van der Waals surface area contributed by atoms with Gasteiger partial charge < -0.3 is 19.1 Å². The van der Waals surface area contributed by atoms with Gasteiger partial charge in [0.15, 0.2) is 6.79 Å². The predicted octanol–water partition coefficient (Wildman–Crippen LogP) is 5.10. The molecule has 8 nitrogen and oxygen atoms in total. The molecule has 0 spiro atoms. The van der Waals surface area contributed by atoms with E-state index >= 15 is 0 Å². The fourth-order valence-electron chi connectivity index (χ4n) is 3.73. The molecule has 8 heteroatoms. The number of hydrogen-bond acceptors (Lipinski definition) is 6. The summed E-state index contributed by atoms with van der Waals surface area (Å²) in [6.07, 6.45) is 2.97. The van der Waals surface area contributed by atoms with Gasteiger partial charge in [-0.25, -0.2) is 0 Å². The monoisotopic (exact) mass is 474 g/mol. The summed E-state index contributed by atoms with van der Waals surface area (Å²) in [6, 6.07) is 20.4. The number of ether oxygens (including phenoxy) is 3. The Morgan fingerprint density at radius 1 is 1.11 bits per heavy atom. The number of nitrogens with zero attached hydrogens (tertiary/aromatic N) is 2. The molecule has 0 aromatic heterocycles. The van der Waals surface area contributed by atoms with E-state index in [2.05, 4.69) is 0 Å². The predicted molar refractivity (Wildman–Crippen MR) is 131 cm³/mol. The van der Waals surface area contributed by atoms with E-state index in [1.165, 1.54) is 18.2 Å². The number of hydrogen-bond donors (Lipinski definition) is 0. The third-order valence-electron chi connectivity index (χ3n) is 5.58. The fourth-order valence-corrected chi connectivity index (χ4v) is 3.73. The van der Waals surface area contributed by atoms with Crippen LogP contribution in [0.5, 0.6) is 11.5 Å². The SMILES string of the molecule is CCN(Cc1ccc(OCc2ccccc2)cc1)C(=O)/C=C/c1cc([N+](=O)[O-])cc2c1OCOC2. The van der Waals surface area contributed by atoms with Crippen molar-refractivity contribution in [3.8, 4) is 11.5 Å². The van der Waals surface area contributed by atoms with Gasteiger partial charge in [0.05, 0.1) is 11.5 Å². The van der Waals surface area contributed by atoms with Gasteiger partial charge in [-0.1, -0.05) is 42.5 Å². The molecular weight excluding hydrogens is 448 g/mol. The Kier molecular flexibility index (Phi) is 7.74. The fraction of sp³-hybridized carbons (Fsp3) is 0.222. The Bertz CT molecular complexity index is 1210. The highest BCUT2D eigenvalue weighted by atomic mass is 16.7. The molecule has 0 bridgehead atoms. The molecular formula is C27H26N2O6. The van der Waals surface area contributed by atoms with Crippen LogP contribution in [-0.2, 0) is 29.3 Å². The van der Waals surface area contributed by atoms with Gasteiger partial charge in [-0.2, -0.15) is 0 Å². The van der Waals surface area contributed by atoms with Gasteiger partial charge in [-0.05, 0) is 36.3 Å². The summed E-state index contributed by atoms with van der Waals surface area (Å²) in [5.41, 5.74) is 3.04. The second-order valence-electron chi connectivity index (χ2n) is 7.99. The van der Waals surface area contributed by atoms with Crippen molar-refractivity contribution in [2.75, 3.05) is 13.3 Å². The zero-order valence-corrected chi connectivity index (χ0v) is 19.4. The zero-order chi connectivity index (χ0) is 24.6. The maximum Gasteiger partial charge on any atom is 0.270 e. The van der Waals surface area contributed by atoms with Gasteiger partial charge in [0, 0.05) is 42.4 Å². The molecule has 3 aromatic rings. The van der Waals surface area contributed by atoms with E-state index in [0.717, 1.165) is 16.9 Å². The minimum absolute atomic E-state index is 0.0613. The number of fused-ring (bicyclic) bond motifs is 1. The van der Waals surface area contributed by atoms with Crippen molar-refractivity contribution >= 4 is 17.7 Å². The second-order valence-corrected chi connectivity index (χ2v) is 7.99. The van der Waals surface area contributed by atoms with E-state index in [-0.39, 0.29) is 25.0 Å². The first-order valence-corrected chi connectivity index (χ1v) is 11.3. The molecule has 0 saturated carbocycles. The summed E-state index contributed by atoms with van der Waals surface area (Å²) in [5, 5.41) is 11.3. The molecule has 0 atom stereocenters. The highest BCUT2D eigenvalue weighted by molar-refractivity contribution is 5.92. The van der Waals surface area contributed by atoms with Crippen molar-refractivity contribution in [2.45, 2.75) is 26.7 Å². The Balaban J connectivity index is 1.41. The minimum Gasteiger partial charge on any atom is -0.489 e. The maximum atomic E-state index is 12.9. The number of nitro benzene ring substituents is 1. The lowest BCUT2D eigenvalue weighted by Gasteiger charge is -2.20. The van der Waals surface area contributed by atoms with Crippen LogP contribution in [0, 0.1) is 10.1 Å². The molecule has 0 unspecified atom stereocenters. The molecule has 0 N–H and O–H groups in total. The first-order valence-electron chi connectivity index (χ1n) is 11.3. The summed E-state index contributed by atoms with van der Waals surface area (Å²) >= 11 is 0. The maximum absolute atomic E-state index is 12.9. The number of non-ortho nitro benzene ring substituents is 1. The summed E-state index contributed by atoms with van der Waals surface area (Å²) in [7, 11) is 0. The van der Waals surface area contributed by atoms with Crippen LogP contribution in [0.15, 0.2) is 72.8 Å². The molecule has 180 valence electrons. The van der Waals surface area contributed by atoms with E-state index in [0.29, 0.717) is 36.6 Å². The molecule has 4 rings (SSSR count). The van der Waals surface area contributed by atoms with Gasteiger partial charge in [-0.3, -0.25) is 14.9 Å². The van der Waals surface area contributed by atoms with Crippen LogP contribution in [0.1, 0.15) is 29.2 Å². The average Bonchev–Trinajstić information content (AvgIpc) is 2.90. The lowest BCUT2D eigenvalue weighted by molar-refractivity contribution is -0.385. The lowest BCUT2D eigenvalue weighted by Crippen LogP contribution is -2.28. The van der Waals surface area contributed by atoms with E-state index in [4.69, 9.17) is 14.2 Å². The number of nitro groups is 1. The number of amides is 1. The van der Waals surface area contributed by atoms with Crippen LogP contribution in [0.4, 0.5) is 5.69 Å². The molecule has 0 aliphatic carbocycles. The first kappa shape index (κ1) is 24.0. The standard InChI is InChI=1S/C27H26N2O6/c1-2-28(16-20-8-11-25(12-9-20)34-17-21-6-4-3-5-7-21)26(30)13-10-22-14-24(29(31)32)15-23-18-33-19-35-27(22)23/h3-15H,2,16-19H2,1H3/b13-10+. The zero-order valence-electron chi connectivity index (χ0n) is 19.4. The summed E-state index contributed by atoms with van der Waals surface area (Å²) in [5.74, 6) is 1.05. The normalized spacial score (nSPS) is 12.6. The Hall–Kier alpha value is -4.17. The second kappa shape index (κ2) is 11.3. The van der Waals surface area contributed by atoms with Gasteiger partial charge in [-0.15, -0.1) is 0 Å². The molecule has 0 fully saturated rings. The van der Waals surface area contributed by atoms with Gasteiger partial charge in [0.25, 0.3) is 5.69 Å². The number of benzene rings is 3. The van der Waals surface area contributed by atoms with Crippen LogP contribution in [-0.4, -0.2) is 29.1 Å². The molecule has 1 amide bonds. The minimum atomic E-state index is -0.473. The molecule has 0 radical (unpaired) electrons. The Morgan fingerprint density at radius 3 is 2.60 bits per heavy atom. The third-order valence-corrected chi connectivity index (χ3v) is 5.58. The quantitative estimate of drug-likeness (QED) is 0.243. The first-order chi connectivity index (χ1) is 17.0. The molecule has 1 aliphatic rings. The van der Waals surface area contributed by atoms with Gasteiger partial charge >= 0.3 is 0 Å². The molecule has 1 heterocycles. The van der Waals surface area contributed by atoms with Crippen LogP contribution in [0.3, 0.4) is 0 Å². The largest absolute Gasteiger partial charge is 0.489 e. The van der Waals surface area contributed by atoms with Crippen molar-refractivity contribution in [2.24, 2.45) is 0 Å². The molecule has 3 aromatic carbocycles. The van der Waals surface area contributed by atoms with Crippen LogP contribution < -0.4 is 9.47 Å². The Morgan fingerprint density at radius 2 is 1.89 bits per heavy atom. The van der Waals surface area contributed by atoms with Crippen LogP contribution in [0.2, 0.25) is 0 Å². The van der Waals surface area contributed by atoms with E-state index in [9.17, 15) is 14.9 Å². The number of rotatable bonds is 9. The topological polar surface area (TPSA) is 91.1 Å². The van der Waals surface area contributed by atoms with Crippen LogP contribution in [0.25, 0.3) is 6.08 Å².